The maximum absolute atomic E-state index is 2.47. The lowest BCUT2D eigenvalue weighted by Crippen LogP contribution is -2.72. The fraction of sp³-hybridized carbons (Fsp3) is 0.0303. The fourth-order valence-electron chi connectivity index (χ4n) is 6.19. The van der Waals surface area contributed by atoms with E-state index >= 15 is 0 Å². The average molecular weight is 449 g/mol. The Balaban J connectivity index is 1.76. The lowest BCUT2D eigenvalue weighted by atomic mass is 9.93. The van der Waals surface area contributed by atoms with Crippen LogP contribution in [-0.4, -0.2) is 8.07 Å². The molecule has 0 radical (unpaired) electrons. The van der Waals surface area contributed by atoms with Crippen LogP contribution in [0.5, 0.6) is 0 Å². The van der Waals surface area contributed by atoms with Gasteiger partial charge in [0.25, 0.3) is 0 Å². The van der Waals surface area contributed by atoms with E-state index in [-0.39, 0.29) is 0 Å². The third kappa shape index (κ3) is 2.53. The van der Waals surface area contributed by atoms with Gasteiger partial charge in [-0.1, -0.05) is 133 Å². The smallest absolute Gasteiger partial charge is 0.0623 e. The number of hydrogen-bond donors (Lipinski definition) is 0. The molecule has 0 bridgehead atoms. The highest BCUT2D eigenvalue weighted by atomic mass is 28.3. The van der Waals surface area contributed by atoms with E-state index in [1.165, 1.54) is 59.0 Å². The zero-order chi connectivity index (χ0) is 22.7. The van der Waals surface area contributed by atoms with Crippen molar-refractivity contribution >= 4 is 50.4 Å². The van der Waals surface area contributed by atoms with Gasteiger partial charge in [-0.15, -0.1) is 0 Å². The second kappa shape index (κ2) is 7.28. The summed E-state index contributed by atoms with van der Waals surface area (Å²) in [5, 5.41) is 11.3. The number of aryl methyl sites for hydroxylation is 1. The van der Waals surface area contributed by atoms with Gasteiger partial charge < -0.3 is 0 Å². The van der Waals surface area contributed by atoms with Crippen LogP contribution in [-0.2, 0) is 0 Å². The molecule has 6 aromatic carbocycles. The topological polar surface area (TPSA) is 0 Å². The van der Waals surface area contributed by atoms with Gasteiger partial charge in [0.05, 0.1) is 0 Å². The van der Waals surface area contributed by atoms with E-state index in [2.05, 4.69) is 134 Å². The summed E-state index contributed by atoms with van der Waals surface area (Å²) in [4.78, 5) is 0. The highest BCUT2D eigenvalue weighted by Gasteiger charge is 2.49. The zero-order valence-electron chi connectivity index (χ0n) is 19.1. The predicted octanol–water partition coefficient (Wildman–Crippen LogP) is 5.66. The van der Waals surface area contributed by atoms with Crippen LogP contribution in [0, 0.1) is 6.92 Å². The summed E-state index contributed by atoms with van der Waals surface area (Å²) in [6.45, 7) is 2.18. The van der Waals surface area contributed by atoms with E-state index < -0.39 is 8.07 Å². The van der Waals surface area contributed by atoms with Crippen molar-refractivity contribution in [3.8, 4) is 11.1 Å². The molecule has 1 aliphatic heterocycles. The predicted molar refractivity (Wildman–Crippen MR) is 149 cm³/mol. The molecule has 0 unspecified atom stereocenters. The van der Waals surface area contributed by atoms with Gasteiger partial charge in [0, 0.05) is 0 Å². The second-order valence-corrected chi connectivity index (χ2v) is 13.1. The van der Waals surface area contributed by atoms with Crippen molar-refractivity contribution < 1.29 is 0 Å². The molecule has 0 aromatic heterocycles. The molecule has 0 spiro atoms. The van der Waals surface area contributed by atoms with Crippen LogP contribution < -0.4 is 20.7 Å². The highest BCUT2D eigenvalue weighted by molar-refractivity contribution is 7.22. The van der Waals surface area contributed by atoms with Crippen molar-refractivity contribution in [1.82, 2.24) is 0 Å². The number of rotatable bonds is 2. The number of fused-ring (bicyclic) bond motifs is 7. The molecule has 0 aliphatic carbocycles. The minimum absolute atomic E-state index is 1.30. The number of benzene rings is 6. The summed E-state index contributed by atoms with van der Waals surface area (Å²) >= 11 is 0. The van der Waals surface area contributed by atoms with Gasteiger partial charge in [0.2, 0.25) is 0 Å². The maximum Gasteiger partial charge on any atom is 0.180 e. The average Bonchev–Trinajstić information content (AvgIpc) is 3.21. The first-order valence-electron chi connectivity index (χ1n) is 12.0. The summed E-state index contributed by atoms with van der Waals surface area (Å²) in [6.07, 6.45) is 0. The molecular weight excluding hydrogens is 424 g/mol. The van der Waals surface area contributed by atoms with Gasteiger partial charge in [0.1, 0.15) is 0 Å². The molecule has 34 heavy (non-hydrogen) atoms. The normalized spacial score (nSPS) is 13.7. The van der Waals surface area contributed by atoms with E-state index in [1.54, 1.807) is 0 Å². The summed E-state index contributed by atoms with van der Waals surface area (Å²) in [5.41, 5.74) is 4.17. The first-order chi connectivity index (χ1) is 16.8. The third-order valence-electron chi connectivity index (χ3n) is 7.58. The lowest BCUT2D eigenvalue weighted by Gasteiger charge is -2.31. The highest BCUT2D eigenvalue weighted by Crippen LogP contribution is 2.38. The molecule has 0 amide bonds. The molecule has 7 rings (SSSR count). The Morgan fingerprint density at radius 3 is 1.62 bits per heavy atom. The van der Waals surface area contributed by atoms with Crippen molar-refractivity contribution in [2.75, 3.05) is 0 Å². The van der Waals surface area contributed by atoms with Crippen molar-refractivity contribution in [1.29, 1.82) is 0 Å². The second-order valence-electron chi connectivity index (χ2n) is 9.40. The Morgan fingerprint density at radius 2 is 0.971 bits per heavy atom. The van der Waals surface area contributed by atoms with Crippen LogP contribution in [0.2, 0.25) is 0 Å². The minimum Gasteiger partial charge on any atom is -0.0623 e. The molecule has 0 N–H and O–H groups in total. The molecule has 0 saturated carbocycles. The SMILES string of the molecule is Cc1ccc2c3c(ccc2c1)[Si](c1ccccc1)(c1ccccc1)c1ccc2ccccc2c1-3. The van der Waals surface area contributed by atoms with Crippen LogP contribution in [0.3, 0.4) is 0 Å². The van der Waals surface area contributed by atoms with Crippen LogP contribution in [0.25, 0.3) is 32.7 Å². The maximum atomic E-state index is 2.44. The van der Waals surface area contributed by atoms with E-state index in [9.17, 15) is 0 Å². The van der Waals surface area contributed by atoms with Gasteiger partial charge >= 0.3 is 0 Å². The fourth-order valence-corrected chi connectivity index (χ4v) is 11.4. The van der Waals surface area contributed by atoms with Crippen molar-refractivity contribution in [3.63, 3.8) is 0 Å². The summed E-state index contributed by atoms with van der Waals surface area (Å²) in [7, 11) is -2.47. The molecule has 0 fully saturated rings. The molecule has 0 atom stereocenters. The van der Waals surface area contributed by atoms with Gasteiger partial charge in [-0.2, -0.15) is 0 Å². The van der Waals surface area contributed by atoms with Gasteiger partial charge in [-0.05, 0) is 60.3 Å². The first kappa shape index (κ1) is 19.5. The molecule has 6 aromatic rings. The monoisotopic (exact) mass is 448 g/mol. The summed E-state index contributed by atoms with van der Waals surface area (Å²) in [6, 6.07) is 47.9. The first-order valence-corrected chi connectivity index (χ1v) is 14.0. The summed E-state index contributed by atoms with van der Waals surface area (Å²) < 4.78 is 0. The molecule has 0 saturated heterocycles. The van der Waals surface area contributed by atoms with Crippen LogP contribution in [0.1, 0.15) is 5.56 Å². The minimum atomic E-state index is -2.47. The molecule has 1 heteroatoms. The van der Waals surface area contributed by atoms with E-state index in [1.807, 2.05) is 0 Å². The van der Waals surface area contributed by atoms with E-state index in [0.29, 0.717) is 0 Å². The van der Waals surface area contributed by atoms with E-state index in [4.69, 9.17) is 0 Å². The summed E-state index contributed by atoms with van der Waals surface area (Å²) in [5.74, 6) is 0. The van der Waals surface area contributed by atoms with Gasteiger partial charge in [0.15, 0.2) is 8.07 Å². The third-order valence-corrected chi connectivity index (χ3v) is 12.4. The molecule has 1 aliphatic rings. The van der Waals surface area contributed by atoms with Crippen molar-refractivity contribution in [2.24, 2.45) is 0 Å². The zero-order valence-corrected chi connectivity index (χ0v) is 20.1. The largest absolute Gasteiger partial charge is 0.180 e. The molecular formula is C33H24Si. The Morgan fingerprint density at radius 1 is 0.441 bits per heavy atom. The molecule has 0 nitrogen and oxygen atoms in total. The van der Waals surface area contributed by atoms with Crippen molar-refractivity contribution in [2.45, 2.75) is 6.92 Å². The molecule has 1 heterocycles. The van der Waals surface area contributed by atoms with Gasteiger partial charge in [-0.3, -0.25) is 0 Å². The molecule has 160 valence electrons. The van der Waals surface area contributed by atoms with Crippen LogP contribution in [0.4, 0.5) is 0 Å². The Labute approximate surface area is 201 Å². The Bertz CT molecular complexity index is 1660. The number of hydrogen-bond acceptors (Lipinski definition) is 0. The Kier molecular flexibility index (Phi) is 4.18. The van der Waals surface area contributed by atoms with Crippen molar-refractivity contribution in [3.05, 3.63) is 133 Å². The quantitative estimate of drug-likeness (QED) is 0.299. The standard InChI is InChI=1S/C33H24Si/c1-23-16-19-29-25(22-23)18-21-31-33(29)32-28-15-9-8-10-24(28)17-20-30(32)34(31,26-11-4-2-5-12-26)27-13-6-3-7-14-27/h2-22H,1H3. The van der Waals surface area contributed by atoms with E-state index in [0.717, 1.165) is 0 Å². The van der Waals surface area contributed by atoms with Crippen LogP contribution >= 0.6 is 0 Å². The van der Waals surface area contributed by atoms with Gasteiger partial charge in [-0.25, -0.2) is 0 Å². The lowest BCUT2D eigenvalue weighted by molar-refractivity contribution is 1.51. The Hall–Kier alpha value is -3.94. The van der Waals surface area contributed by atoms with Crippen LogP contribution in [0.15, 0.2) is 127 Å².